The first-order valence-corrected chi connectivity index (χ1v) is 6.81. The van der Waals surface area contributed by atoms with Crippen LogP contribution in [0.15, 0.2) is 0 Å². The Bertz CT molecular complexity index is 277. The molecule has 0 aliphatic carbocycles. The van der Waals surface area contributed by atoms with E-state index in [1.54, 1.807) is 7.11 Å². The number of hydrogen-bond acceptors (Lipinski definition) is 4. The molecule has 0 bridgehead atoms. The zero-order valence-corrected chi connectivity index (χ0v) is 11.2. The molecule has 1 N–H and O–H groups in total. The zero-order valence-electron chi connectivity index (χ0n) is 11.2. The van der Waals surface area contributed by atoms with Gasteiger partial charge in [-0.3, -0.25) is 4.79 Å². The first-order chi connectivity index (χ1) is 8.76. The third kappa shape index (κ3) is 3.43. The number of carbonyl (C=O) groups excluding carboxylic acids is 1. The molecule has 0 atom stereocenters. The lowest BCUT2D eigenvalue weighted by Crippen LogP contribution is -2.40. The van der Waals surface area contributed by atoms with Crippen molar-refractivity contribution < 1.29 is 14.3 Å². The van der Waals surface area contributed by atoms with Gasteiger partial charge in [0.05, 0.1) is 13.2 Å². The van der Waals surface area contributed by atoms with Gasteiger partial charge in [-0.1, -0.05) is 0 Å². The second-order valence-corrected chi connectivity index (χ2v) is 5.35. The van der Waals surface area contributed by atoms with Gasteiger partial charge in [0.25, 0.3) is 0 Å². The van der Waals surface area contributed by atoms with Crippen molar-refractivity contribution in [3.63, 3.8) is 0 Å². The molecule has 0 saturated carbocycles. The van der Waals surface area contributed by atoms with Crippen molar-refractivity contribution in [2.45, 2.75) is 19.3 Å². The minimum Gasteiger partial charge on any atom is -0.383 e. The van der Waals surface area contributed by atoms with E-state index in [0.717, 1.165) is 52.1 Å². The summed E-state index contributed by atoms with van der Waals surface area (Å²) in [6, 6.07) is 0. The average molecular weight is 256 g/mol. The molecule has 0 aromatic carbocycles. The number of nitrogens with zero attached hydrogens (tertiary/aromatic N) is 1. The lowest BCUT2D eigenvalue weighted by Gasteiger charge is -2.33. The minimum atomic E-state index is 0.217. The fourth-order valence-electron chi connectivity index (χ4n) is 2.84. The highest BCUT2D eigenvalue weighted by atomic mass is 16.5. The molecule has 104 valence electrons. The van der Waals surface area contributed by atoms with Crippen molar-refractivity contribution in [1.29, 1.82) is 0 Å². The second kappa shape index (κ2) is 6.50. The molecule has 1 spiro atoms. The molecule has 2 aliphatic rings. The van der Waals surface area contributed by atoms with Gasteiger partial charge >= 0.3 is 0 Å². The molecular formula is C13H24N2O3. The molecule has 2 aliphatic heterocycles. The van der Waals surface area contributed by atoms with Crippen molar-refractivity contribution >= 4 is 5.91 Å². The fraction of sp³-hybridized carbons (Fsp3) is 0.923. The number of nitrogens with one attached hydrogen (secondary N) is 1. The van der Waals surface area contributed by atoms with Crippen molar-refractivity contribution in [1.82, 2.24) is 10.2 Å². The monoisotopic (exact) mass is 256 g/mol. The maximum atomic E-state index is 12.0. The van der Waals surface area contributed by atoms with E-state index in [1.807, 2.05) is 4.90 Å². The van der Waals surface area contributed by atoms with E-state index in [4.69, 9.17) is 9.47 Å². The molecule has 2 rings (SSSR count). The van der Waals surface area contributed by atoms with Crippen LogP contribution in [-0.2, 0) is 14.3 Å². The Labute approximate surface area is 109 Å². The third-order valence-electron chi connectivity index (χ3n) is 4.10. The van der Waals surface area contributed by atoms with E-state index in [9.17, 15) is 4.79 Å². The summed E-state index contributed by atoms with van der Waals surface area (Å²) in [5.41, 5.74) is 0.348. The number of rotatable bonds is 5. The number of methoxy groups -OCH3 is 1. The van der Waals surface area contributed by atoms with E-state index in [1.165, 1.54) is 0 Å². The normalized spacial score (nSPS) is 22.6. The maximum Gasteiger partial charge on any atom is 0.236 e. The van der Waals surface area contributed by atoms with Gasteiger partial charge in [-0.05, 0) is 24.7 Å². The summed E-state index contributed by atoms with van der Waals surface area (Å²) in [4.78, 5) is 14.0. The SMILES string of the molecule is COCCNCC(=O)N1CCC2(CCOCC2)C1. The molecule has 0 aromatic rings. The van der Waals surface area contributed by atoms with Crippen molar-refractivity contribution in [2.75, 3.05) is 53.1 Å². The predicted molar refractivity (Wildman–Crippen MR) is 68.4 cm³/mol. The Morgan fingerprint density at radius 2 is 2.17 bits per heavy atom. The smallest absolute Gasteiger partial charge is 0.236 e. The standard InChI is InChI=1S/C13H24N2O3/c1-17-9-5-14-10-12(16)15-6-2-13(11-15)3-7-18-8-4-13/h14H,2-11H2,1H3. The van der Waals surface area contributed by atoms with Gasteiger partial charge in [-0.25, -0.2) is 0 Å². The Morgan fingerprint density at radius 3 is 2.89 bits per heavy atom. The molecule has 0 radical (unpaired) electrons. The van der Waals surface area contributed by atoms with E-state index in [0.29, 0.717) is 18.6 Å². The van der Waals surface area contributed by atoms with Crippen LogP contribution in [0.2, 0.25) is 0 Å². The van der Waals surface area contributed by atoms with Crippen LogP contribution in [0.4, 0.5) is 0 Å². The number of hydrogen-bond donors (Lipinski definition) is 1. The predicted octanol–water partition coefficient (Wildman–Crippen LogP) is 0.252. The molecule has 2 heterocycles. The maximum absolute atomic E-state index is 12.0. The summed E-state index contributed by atoms with van der Waals surface area (Å²) in [7, 11) is 1.67. The van der Waals surface area contributed by atoms with Crippen LogP contribution in [0.5, 0.6) is 0 Å². The quantitative estimate of drug-likeness (QED) is 0.717. The summed E-state index contributed by atoms with van der Waals surface area (Å²) in [6.45, 7) is 5.34. The molecule has 18 heavy (non-hydrogen) atoms. The molecule has 0 unspecified atom stereocenters. The molecule has 1 amide bonds. The number of amides is 1. The third-order valence-corrected chi connectivity index (χ3v) is 4.10. The van der Waals surface area contributed by atoms with E-state index >= 15 is 0 Å². The van der Waals surface area contributed by atoms with Crippen LogP contribution in [0.3, 0.4) is 0 Å². The van der Waals surface area contributed by atoms with E-state index in [-0.39, 0.29) is 5.91 Å². The largest absolute Gasteiger partial charge is 0.383 e. The summed E-state index contributed by atoms with van der Waals surface area (Å²) < 4.78 is 10.4. The number of ether oxygens (including phenoxy) is 2. The average Bonchev–Trinajstić information content (AvgIpc) is 2.79. The Kier molecular flexibility index (Phi) is 4.97. The Balaban J connectivity index is 1.72. The van der Waals surface area contributed by atoms with Gasteiger partial charge in [0.1, 0.15) is 0 Å². The highest BCUT2D eigenvalue weighted by Gasteiger charge is 2.40. The van der Waals surface area contributed by atoms with E-state index in [2.05, 4.69) is 5.32 Å². The molecule has 5 nitrogen and oxygen atoms in total. The first-order valence-electron chi connectivity index (χ1n) is 6.81. The van der Waals surface area contributed by atoms with Crippen LogP contribution in [-0.4, -0.2) is 63.9 Å². The van der Waals surface area contributed by atoms with Crippen molar-refractivity contribution in [3.05, 3.63) is 0 Å². The topological polar surface area (TPSA) is 50.8 Å². The molecule has 2 saturated heterocycles. The van der Waals surface area contributed by atoms with Crippen molar-refractivity contribution in [2.24, 2.45) is 5.41 Å². The van der Waals surface area contributed by atoms with E-state index < -0.39 is 0 Å². The van der Waals surface area contributed by atoms with Crippen LogP contribution in [0, 0.1) is 5.41 Å². The summed E-state index contributed by atoms with van der Waals surface area (Å²) in [5.74, 6) is 0.217. The van der Waals surface area contributed by atoms with Gasteiger partial charge in [-0.2, -0.15) is 0 Å². The molecule has 0 aromatic heterocycles. The van der Waals surface area contributed by atoms with Gasteiger partial charge in [0, 0.05) is 40.0 Å². The minimum absolute atomic E-state index is 0.217. The second-order valence-electron chi connectivity index (χ2n) is 5.35. The Morgan fingerprint density at radius 1 is 1.39 bits per heavy atom. The highest BCUT2D eigenvalue weighted by Crippen LogP contribution is 2.39. The summed E-state index contributed by atoms with van der Waals surface area (Å²) >= 11 is 0. The zero-order chi connectivity index (χ0) is 12.8. The van der Waals surface area contributed by atoms with Crippen LogP contribution < -0.4 is 5.32 Å². The molecule has 5 heteroatoms. The molecule has 2 fully saturated rings. The summed E-state index contributed by atoms with van der Waals surface area (Å²) in [5, 5.41) is 3.11. The van der Waals surface area contributed by atoms with Gasteiger partial charge in [0.2, 0.25) is 5.91 Å². The van der Waals surface area contributed by atoms with Crippen LogP contribution >= 0.6 is 0 Å². The van der Waals surface area contributed by atoms with Crippen LogP contribution in [0.25, 0.3) is 0 Å². The fourth-order valence-corrected chi connectivity index (χ4v) is 2.84. The highest BCUT2D eigenvalue weighted by molar-refractivity contribution is 5.78. The van der Waals surface area contributed by atoms with Gasteiger partial charge in [0.15, 0.2) is 0 Å². The lowest BCUT2D eigenvalue weighted by molar-refractivity contribution is -0.130. The lowest BCUT2D eigenvalue weighted by atomic mass is 9.80. The van der Waals surface area contributed by atoms with Gasteiger partial charge in [-0.15, -0.1) is 0 Å². The van der Waals surface area contributed by atoms with Crippen LogP contribution in [0.1, 0.15) is 19.3 Å². The number of likely N-dealkylation sites (tertiary alicyclic amines) is 1. The van der Waals surface area contributed by atoms with Crippen molar-refractivity contribution in [3.8, 4) is 0 Å². The van der Waals surface area contributed by atoms with Gasteiger partial charge < -0.3 is 19.7 Å². The Hall–Kier alpha value is -0.650. The summed E-state index contributed by atoms with van der Waals surface area (Å²) in [6.07, 6.45) is 3.35. The molecular weight excluding hydrogens is 232 g/mol. The number of carbonyl (C=O) groups is 1. The first kappa shape index (κ1) is 13.8.